The van der Waals surface area contributed by atoms with Crippen LogP contribution in [-0.2, 0) is 9.59 Å². The van der Waals surface area contributed by atoms with Crippen LogP contribution in [-0.4, -0.2) is 16.7 Å². The Morgan fingerprint density at radius 1 is 1.08 bits per heavy atom. The molecule has 0 radical (unpaired) electrons. The molecule has 2 amide bonds. The summed E-state index contributed by atoms with van der Waals surface area (Å²) in [6.45, 7) is 5.60. The molecule has 0 aromatic carbocycles. The lowest BCUT2D eigenvalue weighted by atomic mass is 10.2. The molecule has 0 aliphatic carbocycles. The zero-order valence-corrected chi connectivity index (χ0v) is 7.68. The number of allylic oxidation sites excluding steroid dienone is 2. The largest absolute Gasteiger partial charge is 0.274 e. The fourth-order valence-electron chi connectivity index (χ4n) is 1.17. The van der Waals surface area contributed by atoms with Crippen molar-refractivity contribution >= 4 is 11.8 Å². The zero-order valence-electron chi connectivity index (χ0n) is 7.68. The third-order valence-electron chi connectivity index (χ3n) is 2.11. The summed E-state index contributed by atoms with van der Waals surface area (Å²) in [5, 5.41) is 0. The van der Waals surface area contributed by atoms with E-state index in [-0.39, 0.29) is 11.8 Å². The molecule has 12 heavy (non-hydrogen) atoms. The first kappa shape index (κ1) is 8.97. The van der Waals surface area contributed by atoms with Crippen LogP contribution in [0.25, 0.3) is 0 Å². The van der Waals surface area contributed by atoms with E-state index in [1.807, 2.05) is 13.8 Å². The maximum absolute atomic E-state index is 11.2. The van der Waals surface area contributed by atoms with Gasteiger partial charge in [-0.25, -0.2) is 0 Å². The number of carbonyl (C=O) groups is 2. The maximum atomic E-state index is 11.2. The predicted molar refractivity (Wildman–Crippen MR) is 45.1 cm³/mol. The highest BCUT2D eigenvalue weighted by atomic mass is 16.2. The normalized spacial score (nSPS) is 17.1. The van der Waals surface area contributed by atoms with Crippen LogP contribution in [0, 0.1) is 0 Å². The lowest BCUT2D eigenvalue weighted by Crippen LogP contribution is -2.27. The molecule has 1 rings (SSSR count). The fourth-order valence-corrected chi connectivity index (χ4v) is 1.17. The minimum absolute atomic E-state index is 0.0706. The van der Waals surface area contributed by atoms with E-state index < -0.39 is 0 Å². The minimum atomic E-state index is -0.0706. The van der Waals surface area contributed by atoms with Crippen LogP contribution in [0.3, 0.4) is 0 Å². The minimum Gasteiger partial charge on any atom is -0.274 e. The van der Waals surface area contributed by atoms with Crippen LogP contribution in [0.2, 0.25) is 0 Å². The molecule has 0 spiro atoms. The van der Waals surface area contributed by atoms with Gasteiger partial charge >= 0.3 is 0 Å². The van der Waals surface area contributed by atoms with Gasteiger partial charge in [0.15, 0.2) is 0 Å². The molecule has 1 fully saturated rings. The van der Waals surface area contributed by atoms with Crippen LogP contribution >= 0.6 is 0 Å². The molecule has 66 valence electrons. The van der Waals surface area contributed by atoms with E-state index in [4.69, 9.17) is 0 Å². The van der Waals surface area contributed by atoms with Crippen LogP contribution in [0.1, 0.15) is 33.6 Å². The SMILES string of the molecule is CC(C)=C(C)N1C(=O)CCC1=O. The van der Waals surface area contributed by atoms with Crippen molar-refractivity contribution in [1.82, 2.24) is 4.90 Å². The summed E-state index contributed by atoms with van der Waals surface area (Å²) >= 11 is 0. The number of rotatable bonds is 1. The molecule has 0 N–H and O–H groups in total. The standard InChI is InChI=1S/C9H13NO2/c1-6(2)7(3)10-8(11)4-5-9(10)12/h4-5H2,1-3H3. The van der Waals surface area contributed by atoms with Crippen molar-refractivity contribution in [3.8, 4) is 0 Å². The molecule has 1 heterocycles. The topological polar surface area (TPSA) is 37.4 Å². The van der Waals surface area contributed by atoms with Crippen molar-refractivity contribution in [2.45, 2.75) is 33.6 Å². The molecule has 1 saturated heterocycles. The van der Waals surface area contributed by atoms with E-state index in [0.717, 1.165) is 11.3 Å². The number of carbonyl (C=O) groups excluding carboxylic acids is 2. The van der Waals surface area contributed by atoms with Gasteiger partial charge in [0.2, 0.25) is 11.8 Å². The van der Waals surface area contributed by atoms with Gasteiger partial charge in [-0.05, 0) is 20.8 Å². The van der Waals surface area contributed by atoms with Crippen molar-refractivity contribution < 1.29 is 9.59 Å². The second-order valence-electron chi connectivity index (χ2n) is 3.21. The van der Waals surface area contributed by atoms with Crippen LogP contribution in [0.15, 0.2) is 11.3 Å². The smallest absolute Gasteiger partial charge is 0.234 e. The number of imide groups is 1. The Morgan fingerprint density at radius 2 is 1.50 bits per heavy atom. The van der Waals surface area contributed by atoms with Gasteiger partial charge < -0.3 is 0 Å². The molecular weight excluding hydrogens is 154 g/mol. The Hall–Kier alpha value is -1.12. The first-order valence-corrected chi connectivity index (χ1v) is 4.04. The summed E-state index contributed by atoms with van der Waals surface area (Å²) in [4.78, 5) is 23.7. The average Bonchev–Trinajstić information content (AvgIpc) is 2.30. The molecule has 1 aliphatic rings. The van der Waals surface area contributed by atoms with Crippen molar-refractivity contribution in [1.29, 1.82) is 0 Å². The number of nitrogens with zero attached hydrogens (tertiary/aromatic N) is 1. The summed E-state index contributed by atoms with van der Waals surface area (Å²) in [7, 11) is 0. The van der Waals surface area contributed by atoms with E-state index in [1.165, 1.54) is 4.90 Å². The maximum Gasteiger partial charge on any atom is 0.234 e. The predicted octanol–water partition coefficient (Wildman–Crippen LogP) is 1.45. The molecule has 0 atom stereocenters. The van der Waals surface area contributed by atoms with Crippen molar-refractivity contribution in [2.75, 3.05) is 0 Å². The lowest BCUT2D eigenvalue weighted by Gasteiger charge is -2.15. The Morgan fingerprint density at radius 3 is 1.83 bits per heavy atom. The quantitative estimate of drug-likeness (QED) is 0.554. The van der Waals surface area contributed by atoms with Gasteiger partial charge in [-0.1, -0.05) is 5.57 Å². The van der Waals surface area contributed by atoms with Gasteiger partial charge in [-0.15, -0.1) is 0 Å². The number of likely N-dealkylation sites (tertiary alicyclic amines) is 1. The third-order valence-corrected chi connectivity index (χ3v) is 2.11. The number of hydrogen-bond donors (Lipinski definition) is 0. The highest BCUT2D eigenvalue weighted by Gasteiger charge is 2.30. The van der Waals surface area contributed by atoms with Gasteiger partial charge in [-0.3, -0.25) is 14.5 Å². The van der Waals surface area contributed by atoms with E-state index in [1.54, 1.807) is 6.92 Å². The summed E-state index contributed by atoms with van der Waals surface area (Å²) in [5.74, 6) is -0.141. The molecule has 3 nitrogen and oxygen atoms in total. The summed E-state index contributed by atoms with van der Waals surface area (Å²) < 4.78 is 0. The fraction of sp³-hybridized carbons (Fsp3) is 0.556. The molecule has 0 aromatic heterocycles. The zero-order chi connectivity index (χ0) is 9.30. The molecule has 0 unspecified atom stereocenters. The number of amides is 2. The van der Waals surface area contributed by atoms with Crippen LogP contribution in [0.4, 0.5) is 0 Å². The van der Waals surface area contributed by atoms with Gasteiger partial charge in [0.25, 0.3) is 0 Å². The molecule has 1 aliphatic heterocycles. The van der Waals surface area contributed by atoms with E-state index in [0.29, 0.717) is 12.8 Å². The van der Waals surface area contributed by atoms with E-state index in [2.05, 4.69) is 0 Å². The first-order valence-electron chi connectivity index (χ1n) is 4.04. The van der Waals surface area contributed by atoms with Crippen molar-refractivity contribution in [3.05, 3.63) is 11.3 Å². The Balaban J connectivity index is 2.95. The second kappa shape index (κ2) is 3.09. The van der Waals surface area contributed by atoms with Gasteiger partial charge in [-0.2, -0.15) is 0 Å². The Labute approximate surface area is 72.0 Å². The monoisotopic (exact) mass is 167 g/mol. The van der Waals surface area contributed by atoms with Crippen molar-refractivity contribution in [3.63, 3.8) is 0 Å². The van der Waals surface area contributed by atoms with Crippen LogP contribution in [0.5, 0.6) is 0 Å². The van der Waals surface area contributed by atoms with E-state index >= 15 is 0 Å². The van der Waals surface area contributed by atoms with E-state index in [9.17, 15) is 9.59 Å². The van der Waals surface area contributed by atoms with Gasteiger partial charge in [0.1, 0.15) is 0 Å². The van der Waals surface area contributed by atoms with Gasteiger partial charge in [0, 0.05) is 18.5 Å². The molecule has 0 aromatic rings. The lowest BCUT2D eigenvalue weighted by molar-refractivity contribution is -0.135. The summed E-state index contributed by atoms with van der Waals surface area (Å²) in [5.41, 5.74) is 1.79. The highest BCUT2D eigenvalue weighted by Crippen LogP contribution is 2.19. The Kier molecular flexibility index (Phi) is 2.31. The van der Waals surface area contributed by atoms with Gasteiger partial charge in [0.05, 0.1) is 0 Å². The van der Waals surface area contributed by atoms with Crippen LogP contribution < -0.4 is 0 Å². The molecular formula is C9H13NO2. The first-order chi connectivity index (χ1) is 5.54. The summed E-state index contributed by atoms with van der Waals surface area (Å²) in [6, 6.07) is 0. The average molecular weight is 167 g/mol. The highest BCUT2D eigenvalue weighted by molar-refractivity contribution is 6.03. The second-order valence-corrected chi connectivity index (χ2v) is 3.21. The third kappa shape index (κ3) is 1.40. The van der Waals surface area contributed by atoms with Crippen molar-refractivity contribution in [2.24, 2.45) is 0 Å². The Bertz CT molecular complexity index is 246. The molecule has 0 bridgehead atoms. The summed E-state index contributed by atoms with van der Waals surface area (Å²) in [6.07, 6.45) is 0.729. The molecule has 0 saturated carbocycles. The number of hydrogen-bond acceptors (Lipinski definition) is 2. The molecule has 3 heteroatoms.